The fourth-order valence-corrected chi connectivity index (χ4v) is 9.62. The van der Waals surface area contributed by atoms with E-state index in [1.54, 1.807) is 11.3 Å². The van der Waals surface area contributed by atoms with Crippen molar-refractivity contribution in [2.75, 3.05) is 0 Å². The van der Waals surface area contributed by atoms with E-state index in [9.17, 15) is 0 Å². The van der Waals surface area contributed by atoms with Gasteiger partial charge in [-0.05, 0) is 53.6 Å². The maximum atomic E-state index is 6.73. The molecule has 4 aromatic heterocycles. The lowest BCUT2D eigenvalue weighted by molar-refractivity contribution is 0.666. The van der Waals surface area contributed by atoms with E-state index in [0.717, 1.165) is 60.9 Å². The maximum absolute atomic E-state index is 6.73. The first kappa shape index (κ1) is 31.9. The van der Waals surface area contributed by atoms with Crippen LogP contribution in [0, 0.1) is 0 Å². The Kier molecular flexibility index (Phi) is 7.03. The number of fused-ring (bicyclic) bond motifs is 9. The minimum Gasteiger partial charge on any atom is -0.454 e. The second-order valence-electron chi connectivity index (χ2n) is 14.4. The molecule has 0 spiro atoms. The summed E-state index contributed by atoms with van der Waals surface area (Å²) in [5.41, 5.74) is 10.3. The maximum Gasteiger partial charge on any atom is 0.164 e. The van der Waals surface area contributed by atoms with E-state index >= 15 is 0 Å². The van der Waals surface area contributed by atoms with Crippen molar-refractivity contribution in [2.24, 2.45) is 0 Å². The zero-order chi connectivity index (χ0) is 37.5. The molecule has 0 aliphatic heterocycles. The Labute approximate surface area is 330 Å². The molecule has 12 rings (SSSR count). The Bertz CT molecular complexity index is 3420. The normalized spacial score (nSPS) is 11.9. The molecule has 4 heterocycles. The van der Waals surface area contributed by atoms with E-state index in [-0.39, 0.29) is 0 Å². The van der Waals surface area contributed by atoms with Gasteiger partial charge < -0.3 is 8.98 Å². The molecular formula is C51H30N4OS. The Morgan fingerprint density at radius 1 is 0.404 bits per heavy atom. The third kappa shape index (κ3) is 5.04. The molecule has 8 aromatic carbocycles. The fourth-order valence-electron chi connectivity index (χ4n) is 8.45. The van der Waals surface area contributed by atoms with Crippen molar-refractivity contribution >= 4 is 75.3 Å². The number of furan rings is 1. The summed E-state index contributed by atoms with van der Waals surface area (Å²) in [6.07, 6.45) is 0. The smallest absolute Gasteiger partial charge is 0.164 e. The minimum absolute atomic E-state index is 0.653. The Morgan fingerprint density at radius 3 is 1.70 bits per heavy atom. The number of nitrogens with zero attached hydrogens (tertiary/aromatic N) is 4. The van der Waals surface area contributed by atoms with Gasteiger partial charge in [0.05, 0.1) is 16.7 Å². The van der Waals surface area contributed by atoms with Gasteiger partial charge in [-0.1, -0.05) is 140 Å². The highest BCUT2D eigenvalue weighted by Gasteiger charge is 2.19. The molecule has 266 valence electrons. The molecule has 0 aliphatic carbocycles. The molecule has 0 fully saturated rings. The summed E-state index contributed by atoms with van der Waals surface area (Å²) in [6.45, 7) is 0. The number of para-hydroxylation sites is 3. The van der Waals surface area contributed by atoms with Crippen molar-refractivity contribution < 1.29 is 4.42 Å². The third-order valence-electron chi connectivity index (χ3n) is 11.1. The average Bonchev–Trinajstić information content (AvgIpc) is 3.96. The summed E-state index contributed by atoms with van der Waals surface area (Å²) in [5, 5.41) is 7.11. The second kappa shape index (κ2) is 12.6. The molecule has 0 unspecified atom stereocenters. The van der Waals surface area contributed by atoms with Crippen LogP contribution in [0.3, 0.4) is 0 Å². The van der Waals surface area contributed by atoms with Gasteiger partial charge >= 0.3 is 0 Å². The molecule has 12 aromatic rings. The molecule has 6 heteroatoms. The number of thiophene rings is 1. The average molecular weight is 747 g/mol. The molecule has 0 atom stereocenters. The SMILES string of the molecule is c1ccc(-c2nc(-c3ccccc3)nc(-c3ccc4c(c3)sc3cccc(-c5ccc6oc7c(-n8c9ccccc9c9ccccc98)cccc7c6c5)c34)n2)cc1. The van der Waals surface area contributed by atoms with Gasteiger partial charge in [-0.25, -0.2) is 15.0 Å². The second-order valence-corrected chi connectivity index (χ2v) is 15.5. The number of benzene rings is 8. The van der Waals surface area contributed by atoms with E-state index < -0.39 is 0 Å². The lowest BCUT2D eigenvalue weighted by Crippen LogP contribution is -1.99. The number of rotatable bonds is 5. The first-order valence-corrected chi connectivity index (χ1v) is 19.8. The van der Waals surface area contributed by atoms with Crippen LogP contribution in [0.1, 0.15) is 0 Å². The molecule has 0 bridgehead atoms. The van der Waals surface area contributed by atoms with Crippen LogP contribution >= 0.6 is 11.3 Å². The van der Waals surface area contributed by atoms with E-state index in [0.29, 0.717) is 17.5 Å². The van der Waals surface area contributed by atoms with Gasteiger partial charge in [-0.2, -0.15) is 0 Å². The van der Waals surface area contributed by atoms with Crippen LogP contribution in [0.15, 0.2) is 186 Å². The Morgan fingerprint density at radius 2 is 1.00 bits per heavy atom. The minimum atomic E-state index is 0.653. The number of hydrogen-bond acceptors (Lipinski definition) is 5. The van der Waals surface area contributed by atoms with Crippen LogP contribution in [0.2, 0.25) is 0 Å². The van der Waals surface area contributed by atoms with Gasteiger partial charge in [0, 0.05) is 58.4 Å². The predicted molar refractivity (Wildman–Crippen MR) is 236 cm³/mol. The van der Waals surface area contributed by atoms with Crippen molar-refractivity contribution in [2.45, 2.75) is 0 Å². The Hall–Kier alpha value is -7.41. The standard InChI is InChI=1S/C51H30N4OS/c1-3-13-31(14-4-1)49-52-50(32-15-5-2-6-16-32)54-51(53-49)34-25-27-39-46(30-34)57-45-24-12-19-35(47(39)45)33-26-28-44-40(29-33)38-20-11-23-43(48(38)56-44)55-41-21-9-7-17-36(41)37-18-8-10-22-42(37)55/h1-30H. The monoisotopic (exact) mass is 746 g/mol. The number of aromatic nitrogens is 4. The fraction of sp³-hybridized carbons (Fsp3) is 0. The third-order valence-corrected chi connectivity index (χ3v) is 12.2. The van der Waals surface area contributed by atoms with E-state index in [1.165, 1.54) is 36.5 Å². The van der Waals surface area contributed by atoms with Crippen LogP contribution in [0.4, 0.5) is 0 Å². The molecule has 0 N–H and O–H groups in total. The molecule has 57 heavy (non-hydrogen) atoms. The van der Waals surface area contributed by atoms with Crippen LogP contribution in [-0.4, -0.2) is 19.5 Å². The highest BCUT2D eigenvalue weighted by Crippen LogP contribution is 2.44. The predicted octanol–water partition coefficient (Wildman–Crippen LogP) is 13.9. The van der Waals surface area contributed by atoms with Crippen LogP contribution in [-0.2, 0) is 0 Å². The molecule has 0 saturated carbocycles. The first-order chi connectivity index (χ1) is 28.2. The lowest BCUT2D eigenvalue weighted by Gasteiger charge is -2.09. The summed E-state index contributed by atoms with van der Waals surface area (Å²) < 4.78 is 11.5. The first-order valence-electron chi connectivity index (χ1n) is 19.0. The van der Waals surface area contributed by atoms with Gasteiger partial charge in [-0.3, -0.25) is 0 Å². The van der Waals surface area contributed by atoms with Gasteiger partial charge in [0.25, 0.3) is 0 Å². The van der Waals surface area contributed by atoms with Gasteiger partial charge in [0.1, 0.15) is 5.58 Å². The summed E-state index contributed by atoms with van der Waals surface area (Å²) in [4.78, 5) is 14.9. The van der Waals surface area contributed by atoms with Crippen molar-refractivity contribution in [3.63, 3.8) is 0 Å². The van der Waals surface area contributed by atoms with E-state index in [4.69, 9.17) is 19.4 Å². The largest absolute Gasteiger partial charge is 0.454 e. The molecule has 0 radical (unpaired) electrons. The zero-order valence-electron chi connectivity index (χ0n) is 30.4. The molecule has 0 amide bonds. The van der Waals surface area contributed by atoms with Crippen molar-refractivity contribution in [3.8, 4) is 51.0 Å². The van der Waals surface area contributed by atoms with Gasteiger partial charge in [-0.15, -0.1) is 11.3 Å². The highest BCUT2D eigenvalue weighted by atomic mass is 32.1. The van der Waals surface area contributed by atoms with Gasteiger partial charge in [0.15, 0.2) is 23.1 Å². The highest BCUT2D eigenvalue weighted by molar-refractivity contribution is 7.26. The summed E-state index contributed by atoms with van der Waals surface area (Å²) in [6, 6.07) is 63.8. The van der Waals surface area contributed by atoms with Gasteiger partial charge in [0.2, 0.25) is 0 Å². The molecule has 0 saturated heterocycles. The van der Waals surface area contributed by atoms with Crippen molar-refractivity contribution in [1.82, 2.24) is 19.5 Å². The summed E-state index contributed by atoms with van der Waals surface area (Å²) in [5.74, 6) is 1.96. The van der Waals surface area contributed by atoms with Crippen LogP contribution in [0.25, 0.3) is 115 Å². The van der Waals surface area contributed by atoms with E-state index in [2.05, 4.69) is 126 Å². The Balaban J connectivity index is 0.993. The van der Waals surface area contributed by atoms with Crippen LogP contribution < -0.4 is 0 Å². The molecular weight excluding hydrogens is 717 g/mol. The van der Waals surface area contributed by atoms with Crippen molar-refractivity contribution in [1.29, 1.82) is 0 Å². The molecule has 0 aliphatic rings. The zero-order valence-corrected chi connectivity index (χ0v) is 31.2. The van der Waals surface area contributed by atoms with E-state index in [1.807, 2.05) is 60.7 Å². The van der Waals surface area contributed by atoms with Crippen molar-refractivity contribution in [3.05, 3.63) is 182 Å². The lowest BCUT2D eigenvalue weighted by atomic mass is 9.97. The van der Waals surface area contributed by atoms with Crippen LogP contribution in [0.5, 0.6) is 0 Å². The summed E-state index contributed by atoms with van der Waals surface area (Å²) in [7, 11) is 0. The topological polar surface area (TPSA) is 56.7 Å². The molecule has 5 nitrogen and oxygen atoms in total. The quantitative estimate of drug-likeness (QED) is 0.176. The number of hydrogen-bond donors (Lipinski definition) is 0. The summed E-state index contributed by atoms with van der Waals surface area (Å²) >= 11 is 1.80.